The van der Waals surface area contributed by atoms with Gasteiger partial charge in [0.1, 0.15) is 0 Å². The fourth-order valence-corrected chi connectivity index (χ4v) is 1.58. The van der Waals surface area contributed by atoms with Gasteiger partial charge in [0.05, 0.1) is 5.34 Å². The van der Waals surface area contributed by atoms with Crippen LogP contribution < -0.4 is 0 Å². The van der Waals surface area contributed by atoms with Gasteiger partial charge in [-0.25, -0.2) is 8.78 Å². The molecule has 0 radical (unpaired) electrons. The molecular formula is C9H8F5N3. The van der Waals surface area contributed by atoms with Crippen molar-refractivity contribution in [3.63, 3.8) is 0 Å². The molecule has 0 bridgehead atoms. The van der Waals surface area contributed by atoms with Gasteiger partial charge in [0.15, 0.2) is 0 Å². The summed E-state index contributed by atoms with van der Waals surface area (Å²) in [5.41, 5.74) is 0.212. The van der Waals surface area contributed by atoms with Crippen LogP contribution in [0.3, 0.4) is 0 Å². The zero-order valence-electron chi connectivity index (χ0n) is 8.40. The number of benzene rings is 1. The summed E-state index contributed by atoms with van der Waals surface area (Å²) in [4.78, 5) is 0. The first kappa shape index (κ1) is 12.2. The van der Waals surface area contributed by atoms with Gasteiger partial charge in [-0.05, 0) is 5.56 Å². The summed E-state index contributed by atoms with van der Waals surface area (Å²) in [5, 5.41) is -3.92. The molecule has 0 saturated carbocycles. The Hall–Kier alpha value is -1.25. The Morgan fingerprint density at radius 2 is 1.71 bits per heavy atom. The highest BCUT2D eigenvalue weighted by Crippen LogP contribution is 2.40. The van der Waals surface area contributed by atoms with Crippen molar-refractivity contribution in [2.45, 2.75) is 18.5 Å². The average Bonchev–Trinajstić information content (AvgIpc) is 2.47. The van der Waals surface area contributed by atoms with Crippen LogP contribution in [0, 0.1) is 0 Å². The zero-order chi connectivity index (χ0) is 12.6. The first-order valence-electron chi connectivity index (χ1n) is 4.70. The number of nitrogens with zero attached hydrogens (tertiary/aromatic N) is 3. The van der Waals surface area contributed by atoms with E-state index in [1.165, 1.54) is 24.3 Å². The molecule has 2 unspecified atom stereocenters. The van der Waals surface area contributed by atoms with E-state index in [-0.39, 0.29) is 5.56 Å². The van der Waals surface area contributed by atoms with Crippen molar-refractivity contribution in [1.29, 1.82) is 0 Å². The molecule has 1 aromatic rings. The maximum Gasteiger partial charge on any atom is 0.262 e. The van der Waals surface area contributed by atoms with Crippen molar-refractivity contribution in [1.82, 2.24) is 15.8 Å². The van der Waals surface area contributed by atoms with E-state index < -0.39 is 34.3 Å². The zero-order valence-corrected chi connectivity index (χ0v) is 8.40. The highest BCUT2D eigenvalue weighted by atomic mass is 19.3. The molecule has 2 atom stereocenters. The summed E-state index contributed by atoms with van der Waals surface area (Å²) in [6.45, 7) is 0. The van der Waals surface area contributed by atoms with E-state index in [0.29, 0.717) is 0 Å². The topological polar surface area (TPSA) is 9.72 Å². The molecule has 0 N–H and O–H groups in total. The van der Waals surface area contributed by atoms with Crippen LogP contribution in [0.2, 0.25) is 0 Å². The lowest BCUT2D eigenvalue weighted by atomic mass is 10.0. The fourth-order valence-electron chi connectivity index (χ4n) is 1.58. The average molecular weight is 253 g/mol. The maximum atomic E-state index is 13.9. The van der Waals surface area contributed by atoms with Crippen LogP contribution >= 0.6 is 0 Å². The molecule has 1 aromatic carbocycles. The van der Waals surface area contributed by atoms with Crippen molar-refractivity contribution in [3.8, 4) is 0 Å². The van der Waals surface area contributed by atoms with Gasteiger partial charge in [-0.15, -0.1) is 8.96 Å². The van der Waals surface area contributed by atoms with E-state index in [2.05, 4.69) is 0 Å². The summed E-state index contributed by atoms with van der Waals surface area (Å²) in [6, 6.07) is 7.44. The van der Waals surface area contributed by atoms with E-state index in [0.717, 1.165) is 0 Å². The smallest absolute Gasteiger partial charge is 0.220 e. The third-order valence-corrected chi connectivity index (χ3v) is 2.46. The number of hydrogen-bond donors (Lipinski definition) is 0. The third kappa shape index (κ3) is 1.88. The quantitative estimate of drug-likeness (QED) is 0.455. The van der Waals surface area contributed by atoms with E-state index in [1.54, 1.807) is 6.07 Å². The molecule has 1 fully saturated rings. The standard InChI is InChI=1S/C9H8F5N3/c10-8-9(11,16(13)17(14)15(8)12)6-7-4-2-1-3-5-7/h1-5,8H,6H2. The Morgan fingerprint density at radius 1 is 1.12 bits per heavy atom. The van der Waals surface area contributed by atoms with Crippen molar-refractivity contribution < 1.29 is 22.2 Å². The Kier molecular flexibility index (Phi) is 3.02. The molecule has 0 spiro atoms. The van der Waals surface area contributed by atoms with Crippen LogP contribution in [0.15, 0.2) is 30.3 Å². The van der Waals surface area contributed by atoms with E-state index in [9.17, 15) is 22.2 Å². The van der Waals surface area contributed by atoms with E-state index in [4.69, 9.17) is 0 Å². The molecule has 0 aromatic heterocycles. The van der Waals surface area contributed by atoms with Gasteiger partial charge >= 0.3 is 0 Å². The molecule has 2 rings (SSSR count). The predicted molar refractivity (Wildman–Crippen MR) is 47.7 cm³/mol. The van der Waals surface area contributed by atoms with E-state index >= 15 is 0 Å². The summed E-state index contributed by atoms with van der Waals surface area (Å²) in [5.74, 6) is -3.44. The van der Waals surface area contributed by atoms with Gasteiger partial charge < -0.3 is 0 Å². The number of hydrazine groups is 2. The summed E-state index contributed by atoms with van der Waals surface area (Å²) >= 11 is 0. The molecule has 1 aliphatic heterocycles. The van der Waals surface area contributed by atoms with Crippen LogP contribution in [-0.2, 0) is 6.42 Å². The SMILES string of the molecule is FC1N(F)N(F)N(F)C1(F)Cc1ccccc1. The molecule has 94 valence electrons. The van der Waals surface area contributed by atoms with Crippen molar-refractivity contribution in [3.05, 3.63) is 35.9 Å². The summed E-state index contributed by atoms with van der Waals surface area (Å²) < 4.78 is 65.4. The highest BCUT2D eigenvalue weighted by molar-refractivity contribution is 5.17. The number of hydrogen-bond acceptors (Lipinski definition) is 3. The molecular weight excluding hydrogens is 245 g/mol. The van der Waals surface area contributed by atoms with Crippen molar-refractivity contribution in [2.75, 3.05) is 0 Å². The van der Waals surface area contributed by atoms with Gasteiger partial charge in [0.25, 0.3) is 12.1 Å². The minimum Gasteiger partial charge on any atom is -0.220 e. The summed E-state index contributed by atoms with van der Waals surface area (Å²) in [6.07, 6.45) is -3.91. The Morgan fingerprint density at radius 3 is 2.18 bits per heavy atom. The van der Waals surface area contributed by atoms with Gasteiger partial charge in [0.2, 0.25) is 0 Å². The Labute approximate surface area is 93.4 Å². The molecule has 1 aliphatic rings. The predicted octanol–water partition coefficient (Wildman–Crippen LogP) is 2.59. The minimum atomic E-state index is -3.44. The van der Waals surface area contributed by atoms with Crippen LogP contribution in [0.4, 0.5) is 22.2 Å². The second kappa shape index (κ2) is 4.21. The molecule has 0 amide bonds. The lowest BCUT2D eigenvalue weighted by Gasteiger charge is -2.22. The summed E-state index contributed by atoms with van der Waals surface area (Å²) in [7, 11) is 0. The van der Waals surface area contributed by atoms with Gasteiger partial charge in [-0.3, -0.25) is 0 Å². The fraction of sp³-hybridized carbons (Fsp3) is 0.333. The monoisotopic (exact) mass is 253 g/mol. The molecule has 8 heteroatoms. The number of halogens is 5. The molecule has 1 heterocycles. The minimum absolute atomic E-state index is 0.212. The molecule has 3 nitrogen and oxygen atoms in total. The van der Waals surface area contributed by atoms with Crippen LogP contribution in [-0.4, -0.2) is 27.9 Å². The largest absolute Gasteiger partial charge is 0.262 e. The maximum absolute atomic E-state index is 13.9. The van der Waals surface area contributed by atoms with E-state index in [1.807, 2.05) is 0 Å². The first-order chi connectivity index (χ1) is 7.97. The number of rotatable bonds is 2. The van der Waals surface area contributed by atoms with Crippen LogP contribution in [0.25, 0.3) is 0 Å². The second-order valence-corrected chi connectivity index (χ2v) is 3.61. The lowest BCUT2D eigenvalue weighted by Crippen LogP contribution is -2.44. The van der Waals surface area contributed by atoms with Gasteiger partial charge in [0, 0.05) is 16.9 Å². The van der Waals surface area contributed by atoms with Crippen LogP contribution in [0.5, 0.6) is 0 Å². The normalized spacial score (nSPS) is 32.2. The Bertz CT molecular complexity index is 375. The van der Waals surface area contributed by atoms with Gasteiger partial charge in [-0.1, -0.05) is 34.8 Å². The van der Waals surface area contributed by atoms with Crippen molar-refractivity contribution >= 4 is 0 Å². The molecule has 1 saturated heterocycles. The number of alkyl halides is 2. The molecule has 0 aliphatic carbocycles. The first-order valence-corrected chi connectivity index (χ1v) is 4.70. The highest BCUT2D eigenvalue weighted by Gasteiger charge is 2.63. The van der Waals surface area contributed by atoms with Crippen LogP contribution in [0.1, 0.15) is 5.56 Å². The second-order valence-electron chi connectivity index (χ2n) is 3.61. The van der Waals surface area contributed by atoms with Gasteiger partial charge in [-0.2, -0.15) is 0 Å². The Balaban J connectivity index is 2.24. The lowest BCUT2D eigenvalue weighted by molar-refractivity contribution is -0.400. The van der Waals surface area contributed by atoms with Crippen molar-refractivity contribution in [2.24, 2.45) is 0 Å². The molecule has 17 heavy (non-hydrogen) atoms. The third-order valence-electron chi connectivity index (χ3n) is 2.46.